The molecule has 4 nitrogen and oxygen atoms in total. The number of halogens is 3. The maximum atomic E-state index is 12.7. The lowest BCUT2D eigenvalue weighted by molar-refractivity contribution is -0.137. The molecule has 3 rings (SSSR count). The first-order valence-corrected chi connectivity index (χ1v) is 8.61. The molecule has 0 saturated carbocycles. The number of nitrogens with zero attached hydrogens (tertiary/aromatic N) is 1. The van der Waals surface area contributed by atoms with E-state index in [-0.39, 0.29) is 23.8 Å². The van der Waals surface area contributed by atoms with Crippen LogP contribution < -0.4 is 5.56 Å². The molecule has 0 aliphatic heterocycles. The molecular formula is C21H17F3N2O2. The predicted molar refractivity (Wildman–Crippen MR) is 99.1 cm³/mol. The van der Waals surface area contributed by atoms with Crippen molar-refractivity contribution < 1.29 is 18.0 Å². The molecule has 1 N–H and O–H groups in total. The van der Waals surface area contributed by atoms with Gasteiger partial charge in [-0.3, -0.25) is 9.59 Å². The molecule has 1 aromatic heterocycles. The van der Waals surface area contributed by atoms with Gasteiger partial charge in [-0.25, -0.2) is 4.98 Å². The Morgan fingerprint density at radius 1 is 1.07 bits per heavy atom. The van der Waals surface area contributed by atoms with Gasteiger partial charge in [0.15, 0.2) is 5.78 Å². The SMILES string of the molecule is C[C@@H](CC(=O)c1cc(=O)[nH]c(-c2ccccc2)n1)c1ccc(C(F)(F)F)cc1. The van der Waals surface area contributed by atoms with Gasteiger partial charge < -0.3 is 4.98 Å². The van der Waals surface area contributed by atoms with Gasteiger partial charge in [-0.15, -0.1) is 0 Å². The third-order valence-corrected chi connectivity index (χ3v) is 4.37. The molecule has 0 amide bonds. The van der Waals surface area contributed by atoms with E-state index < -0.39 is 17.3 Å². The topological polar surface area (TPSA) is 62.8 Å². The van der Waals surface area contributed by atoms with E-state index in [0.29, 0.717) is 17.0 Å². The molecular weight excluding hydrogens is 369 g/mol. The fourth-order valence-electron chi connectivity index (χ4n) is 2.83. The lowest BCUT2D eigenvalue weighted by Crippen LogP contribution is -2.15. The van der Waals surface area contributed by atoms with Gasteiger partial charge in [-0.1, -0.05) is 49.4 Å². The molecule has 0 fully saturated rings. The zero-order valence-electron chi connectivity index (χ0n) is 15.0. The van der Waals surface area contributed by atoms with Crippen molar-refractivity contribution in [3.8, 4) is 11.4 Å². The number of carbonyl (C=O) groups excluding carboxylic acids is 1. The van der Waals surface area contributed by atoms with Crippen molar-refractivity contribution in [1.82, 2.24) is 9.97 Å². The number of aromatic amines is 1. The fraction of sp³-hybridized carbons (Fsp3) is 0.190. The highest BCUT2D eigenvalue weighted by Gasteiger charge is 2.30. The van der Waals surface area contributed by atoms with Crippen molar-refractivity contribution in [2.75, 3.05) is 0 Å². The van der Waals surface area contributed by atoms with Gasteiger partial charge in [0.05, 0.1) is 5.56 Å². The average Bonchev–Trinajstić information content (AvgIpc) is 2.67. The normalized spacial score (nSPS) is 12.6. The summed E-state index contributed by atoms with van der Waals surface area (Å²) in [6, 6.07) is 14.8. The largest absolute Gasteiger partial charge is 0.416 e. The Morgan fingerprint density at radius 3 is 2.32 bits per heavy atom. The second-order valence-electron chi connectivity index (χ2n) is 6.49. The minimum Gasteiger partial charge on any atom is -0.306 e. The number of alkyl halides is 3. The minimum absolute atomic E-state index is 0.0239. The molecule has 7 heteroatoms. The van der Waals surface area contributed by atoms with Gasteiger partial charge >= 0.3 is 6.18 Å². The van der Waals surface area contributed by atoms with Crippen LogP contribution in [-0.4, -0.2) is 15.8 Å². The molecule has 3 aromatic rings. The molecule has 144 valence electrons. The Bertz CT molecular complexity index is 1030. The van der Waals surface area contributed by atoms with E-state index in [1.54, 1.807) is 31.2 Å². The molecule has 2 aromatic carbocycles. The molecule has 28 heavy (non-hydrogen) atoms. The second-order valence-corrected chi connectivity index (χ2v) is 6.49. The molecule has 0 aliphatic carbocycles. The fourth-order valence-corrected chi connectivity index (χ4v) is 2.83. The lowest BCUT2D eigenvalue weighted by Gasteiger charge is -2.13. The summed E-state index contributed by atoms with van der Waals surface area (Å²) in [6.07, 6.45) is -4.38. The van der Waals surface area contributed by atoms with Crippen molar-refractivity contribution in [3.05, 3.63) is 87.8 Å². The van der Waals surface area contributed by atoms with Crippen LogP contribution >= 0.6 is 0 Å². The standard InChI is InChI=1S/C21H17F3N2O2/c1-13(14-7-9-16(10-8-14)21(22,23)24)11-18(27)17-12-19(28)26-20(25-17)15-5-3-2-4-6-15/h2-10,12-13H,11H2,1H3,(H,25,26,28)/t13-/m0/s1. The van der Waals surface area contributed by atoms with Crippen LogP contribution in [0.4, 0.5) is 13.2 Å². The predicted octanol–water partition coefficient (Wildman–Crippen LogP) is 4.83. The zero-order chi connectivity index (χ0) is 20.3. The Labute approximate surface area is 159 Å². The van der Waals surface area contributed by atoms with E-state index in [4.69, 9.17) is 0 Å². The zero-order valence-corrected chi connectivity index (χ0v) is 15.0. The van der Waals surface area contributed by atoms with E-state index in [2.05, 4.69) is 9.97 Å². The third-order valence-electron chi connectivity index (χ3n) is 4.37. The first kappa shape index (κ1) is 19.5. The smallest absolute Gasteiger partial charge is 0.306 e. The molecule has 1 heterocycles. The number of aromatic nitrogens is 2. The van der Waals surface area contributed by atoms with E-state index in [1.807, 2.05) is 6.07 Å². The van der Waals surface area contributed by atoms with Crippen molar-refractivity contribution in [2.24, 2.45) is 0 Å². The number of benzene rings is 2. The first-order valence-electron chi connectivity index (χ1n) is 8.61. The molecule has 0 spiro atoms. The van der Waals surface area contributed by atoms with Gasteiger partial charge in [-0.2, -0.15) is 13.2 Å². The van der Waals surface area contributed by atoms with Crippen LogP contribution in [0.15, 0.2) is 65.5 Å². The maximum absolute atomic E-state index is 12.7. The summed E-state index contributed by atoms with van der Waals surface area (Å²) < 4.78 is 38.0. The molecule has 1 atom stereocenters. The van der Waals surface area contributed by atoms with Crippen LogP contribution in [0, 0.1) is 0 Å². The minimum atomic E-state index is -4.40. The van der Waals surface area contributed by atoms with E-state index in [9.17, 15) is 22.8 Å². The van der Waals surface area contributed by atoms with E-state index in [0.717, 1.165) is 18.2 Å². The highest BCUT2D eigenvalue weighted by Crippen LogP contribution is 2.31. The number of rotatable bonds is 5. The van der Waals surface area contributed by atoms with Gasteiger partial charge in [0.1, 0.15) is 11.5 Å². The summed E-state index contributed by atoms with van der Waals surface area (Å²) in [7, 11) is 0. The first-order chi connectivity index (χ1) is 13.2. The molecule has 0 saturated heterocycles. The van der Waals surface area contributed by atoms with Crippen molar-refractivity contribution in [1.29, 1.82) is 0 Å². The molecule has 0 radical (unpaired) electrons. The summed E-state index contributed by atoms with van der Waals surface area (Å²) in [5.74, 6) is -0.384. The van der Waals surface area contributed by atoms with Crippen LogP contribution in [0.1, 0.15) is 40.9 Å². The van der Waals surface area contributed by atoms with Crippen LogP contribution in [-0.2, 0) is 6.18 Å². The van der Waals surface area contributed by atoms with Crippen LogP contribution in [0.25, 0.3) is 11.4 Å². The number of hydrogen-bond donors (Lipinski definition) is 1. The monoisotopic (exact) mass is 386 g/mol. The van der Waals surface area contributed by atoms with Gasteiger partial charge in [0, 0.05) is 18.1 Å². The Morgan fingerprint density at radius 2 is 1.71 bits per heavy atom. The average molecular weight is 386 g/mol. The van der Waals surface area contributed by atoms with Crippen LogP contribution in [0.5, 0.6) is 0 Å². The van der Waals surface area contributed by atoms with E-state index >= 15 is 0 Å². The van der Waals surface area contributed by atoms with Crippen molar-refractivity contribution in [2.45, 2.75) is 25.4 Å². The lowest BCUT2D eigenvalue weighted by atomic mass is 9.94. The van der Waals surface area contributed by atoms with Gasteiger partial charge in [-0.05, 0) is 23.6 Å². The summed E-state index contributed by atoms with van der Waals surface area (Å²) >= 11 is 0. The Kier molecular flexibility index (Phi) is 5.44. The third kappa shape index (κ3) is 4.54. The summed E-state index contributed by atoms with van der Waals surface area (Å²) in [4.78, 5) is 31.4. The Balaban J connectivity index is 1.79. The number of ketones is 1. The number of nitrogens with one attached hydrogen (secondary N) is 1. The highest BCUT2D eigenvalue weighted by atomic mass is 19.4. The second kappa shape index (κ2) is 7.80. The molecule has 0 unspecified atom stereocenters. The molecule has 0 aliphatic rings. The number of Topliss-reactive ketones (excluding diaryl/α,β-unsaturated/α-hetero) is 1. The van der Waals surface area contributed by atoms with Gasteiger partial charge in [0.25, 0.3) is 5.56 Å². The van der Waals surface area contributed by atoms with Crippen molar-refractivity contribution >= 4 is 5.78 Å². The Hall–Kier alpha value is -3.22. The number of H-pyrrole nitrogens is 1. The quantitative estimate of drug-likeness (QED) is 0.639. The number of hydrogen-bond acceptors (Lipinski definition) is 3. The molecule has 0 bridgehead atoms. The van der Waals surface area contributed by atoms with Crippen LogP contribution in [0.2, 0.25) is 0 Å². The summed E-state index contributed by atoms with van der Waals surface area (Å²) in [5.41, 5.74) is 0.124. The maximum Gasteiger partial charge on any atom is 0.416 e. The van der Waals surface area contributed by atoms with Gasteiger partial charge in [0.2, 0.25) is 0 Å². The summed E-state index contributed by atoms with van der Waals surface area (Å²) in [5, 5.41) is 0. The number of carbonyl (C=O) groups is 1. The summed E-state index contributed by atoms with van der Waals surface area (Å²) in [6.45, 7) is 1.74. The van der Waals surface area contributed by atoms with Crippen LogP contribution in [0.3, 0.4) is 0 Å². The van der Waals surface area contributed by atoms with Crippen molar-refractivity contribution in [3.63, 3.8) is 0 Å². The highest BCUT2D eigenvalue weighted by molar-refractivity contribution is 5.95. The van der Waals surface area contributed by atoms with E-state index in [1.165, 1.54) is 12.1 Å².